The van der Waals surface area contributed by atoms with Gasteiger partial charge >= 0.3 is 0 Å². The zero-order valence-corrected chi connectivity index (χ0v) is 14.1. The second kappa shape index (κ2) is 5.81. The van der Waals surface area contributed by atoms with Crippen LogP contribution >= 0.6 is 0 Å². The molecule has 0 radical (unpaired) electrons. The van der Waals surface area contributed by atoms with Crippen LogP contribution < -0.4 is 10.9 Å². The van der Waals surface area contributed by atoms with Gasteiger partial charge in [-0.15, -0.1) is 0 Å². The Morgan fingerprint density at radius 3 is 2.76 bits per heavy atom. The van der Waals surface area contributed by atoms with Gasteiger partial charge in [0.2, 0.25) is 5.91 Å². The number of carbonyl (C=O) groups is 1. The molecule has 0 unspecified atom stereocenters. The lowest BCUT2D eigenvalue weighted by atomic mass is 10.0. The molecule has 1 saturated carbocycles. The van der Waals surface area contributed by atoms with Crippen molar-refractivity contribution in [3.05, 3.63) is 52.7 Å². The van der Waals surface area contributed by atoms with Gasteiger partial charge in [-0.25, -0.2) is 4.98 Å². The highest BCUT2D eigenvalue weighted by Gasteiger charge is 2.29. The van der Waals surface area contributed by atoms with E-state index in [-0.39, 0.29) is 17.4 Å². The maximum atomic E-state index is 12.8. The van der Waals surface area contributed by atoms with E-state index in [1.807, 2.05) is 25.1 Å². The SMILES string of the molecule is Cc1ncccc1-c1cc2cnc(NC(=O)C3CC3)cc2n(C)c1=O. The fourth-order valence-corrected chi connectivity index (χ4v) is 2.97. The average molecular weight is 334 g/mol. The molecule has 1 N–H and O–H groups in total. The number of hydrogen-bond acceptors (Lipinski definition) is 4. The van der Waals surface area contributed by atoms with Gasteiger partial charge in [0.1, 0.15) is 5.82 Å². The van der Waals surface area contributed by atoms with Crippen molar-refractivity contribution in [3.63, 3.8) is 0 Å². The number of carbonyl (C=O) groups excluding carboxylic acids is 1. The predicted octanol–water partition coefficient (Wildman–Crippen LogP) is 2.65. The molecule has 3 aromatic heterocycles. The fraction of sp³-hybridized carbons (Fsp3) is 0.263. The van der Waals surface area contributed by atoms with Crippen LogP contribution in [0.3, 0.4) is 0 Å². The molecule has 0 atom stereocenters. The summed E-state index contributed by atoms with van der Waals surface area (Å²) in [6, 6.07) is 7.29. The minimum Gasteiger partial charge on any atom is -0.311 e. The molecule has 3 heterocycles. The second-order valence-electron chi connectivity index (χ2n) is 6.45. The van der Waals surface area contributed by atoms with Gasteiger partial charge in [0.25, 0.3) is 5.56 Å². The number of aryl methyl sites for hydroxylation is 2. The fourth-order valence-electron chi connectivity index (χ4n) is 2.97. The molecular weight excluding hydrogens is 316 g/mol. The number of anilines is 1. The summed E-state index contributed by atoms with van der Waals surface area (Å²) >= 11 is 0. The molecule has 0 aliphatic heterocycles. The monoisotopic (exact) mass is 334 g/mol. The molecule has 3 aromatic rings. The third kappa shape index (κ3) is 2.80. The smallest absolute Gasteiger partial charge is 0.258 e. The minimum atomic E-state index is -0.103. The Hall–Kier alpha value is -3.02. The van der Waals surface area contributed by atoms with E-state index >= 15 is 0 Å². The van der Waals surface area contributed by atoms with E-state index in [4.69, 9.17) is 0 Å². The minimum absolute atomic E-state index is 0.000505. The van der Waals surface area contributed by atoms with Crippen molar-refractivity contribution in [1.29, 1.82) is 0 Å². The van der Waals surface area contributed by atoms with Gasteiger partial charge in [0.15, 0.2) is 0 Å². The average Bonchev–Trinajstić information content (AvgIpc) is 3.44. The number of fused-ring (bicyclic) bond motifs is 1. The van der Waals surface area contributed by atoms with Gasteiger partial charge in [-0.3, -0.25) is 14.6 Å². The van der Waals surface area contributed by atoms with Crippen LogP contribution in [-0.4, -0.2) is 20.4 Å². The third-order valence-corrected chi connectivity index (χ3v) is 4.60. The van der Waals surface area contributed by atoms with Crippen LogP contribution in [0.15, 0.2) is 41.5 Å². The summed E-state index contributed by atoms with van der Waals surface area (Å²) < 4.78 is 1.59. The first-order valence-corrected chi connectivity index (χ1v) is 8.27. The summed E-state index contributed by atoms with van der Waals surface area (Å²) in [4.78, 5) is 33.3. The molecule has 6 heteroatoms. The van der Waals surface area contributed by atoms with Crippen molar-refractivity contribution in [2.75, 3.05) is 5.32 Å². The molecule has 0 bridgehead atoms. The van der Waals surface area contributed by atoms with E-state index in [1.165, 1.54) is 0 Å². The zero-order valence-electron chi connectivity index (χ0n) is 14.1. The number of pyridine rings is 3. The molecule has 0 spiro atoms. The largest absolute Gasteiger partial charge is 0.311 e. The molecule has 1 aliphatic rings. The summed E-state index contributed by atoms with van der Waals surface area (Å²) in [6.07, 6.45) is 5.27. The molecule has 25 heavy (non-hydrogen) atoms. The second-order valence-corrected chi connectivity index (χ2v) is 6.45. The van der Waals surface area contributed by atoms with E-state index in [9.17, 15) is 9.59 Å². The molecule has 1 fully saturated rings. The highest BCUT2D eigenvalue weighted by molar-refractivity contribution is 5.95. The van der Waals surface area contributed by atoms with E-state index in [0.29, 0.717) is 11.4 Å². The summed E-state index contributed by atoms with van der Waals surface area (Å²) in [6.45, 7) is 1.88. The Balaban J connectivity index is 1.82. The molecule has 6 nitrogen and oxygen atoms in total. The lowest BCUT2D eigenvalue weighted by Crippen LogP contribution is -2.20. The Morgan fingerprint density at radius 1 is 1.24 bits per heavy atom. The summed E-state index contributed by atoms with van der Waals surface area (Å²) in [5.41, 5.74) is 2.85. The van der Waals surface area contributed by atoms with Crippen LogP contribution in [-0.2, 0) is 11.8 Å². The Labute approximate surface area is 144 Å². The van der Waals surface area contributed by atoms with Gasteiger partial charge in [-0.2, -0.15) is 0 Å². The van der Waals surface area contributed by atoms with Gasteiger partial charge < -0.3 is 9.88 Å². The van der Waals surface area contributed by atoms with Crippen molar-refractivity contribution < 1.29 is 4.79 Å². The molecule has 0 saturated heterocycles. The number of nitrogens with zero attached hydrogens (tertiary/aromatic N) is 3. The normalized spacial score (nSPS) is 13.8. The number of hydrogen-bond donors (Lipinski definition) is 1. The molecule has 1 aliphatic carbocycles. The summed E-state index contributed by atoms with van der Waals surface area (Å²) in [5, 5.41) is 3.66. The summed E-state index contributed by atoms with van der Waals surface area (Å²) in [7, 11) is 1.73. The van der Waals surface area contributed by atoms with Crippen LogP contribution in [0.5, 0.6) is 0 Å². The van der Waals surface area contributed by atoms with E-state index in [1.54, 1.807) is 30.1 Å². The van der Waals surface area contributed by atoms with Crippen molar-refractivity contribution in [2.24, 2.45) is 13.0 Å². The number of rotatable bonds is 3. The molecule has 126 valence electrons. The number of amides is 1. The van der Waals surface area contributed by atoms with E-state index in [2.05, 4.69) is 15.3 Å². The van der Waals surface area contributed by atoms with Crippen LogP contribution in [0.1, 0.15) is 18.5 Å². The molecule has 4 rings (SSSR count). The van der Waals surface area contributed by atoms with Crippen molar-refractivity contribution in [3.8, 4) is 11.1 Å². The maximum Gasteiger partial charge on any atom is 0.258 e. The first kappa shape index (κ1) is 15.5. The first-order chi connectivity index (χ1) is 12.0. The van der Waals surface area contributed by atoms with Gasteiger partial charge in [-0.1, -0.05) is 6.07 Å². The van der Waals surface area contributed by atoms with Crippen LogP contribution in [0.4, 0.5) is 5.82 Å². The van der Waals surface area contributed by atoms with Gasteiger partial charge in [-0.05, 0) is 31.9 Å². The molecule has 1 amide bonds. The van der Waals surface area contributed by atoms with Crippen molar-refractivity contribution in [1.82, 2.24) is 14.5 Å². The summed E-state index contributed by atoms with van der Waals surface area (Å²) in [5.74, 6) is 0.585. The lowest BCUT2D eigenvalue weighted by molar-refractivity contribution is -0.117. The lowest BCUT2D eigenvalue weighted by Gasteiger charge is -2.11. The predicted molar refractivity (Wildman–Crippen MR) is 96.3 cm³/mol. The third-order valence-electron chi connectivity index (χ3n) is 4.60. The van der Waals surface area contributed by atoms with Gasteiger partial charge in [0.05, 0.1) is 5.52 Å². The van der Waals surface area contributed by atoms with Crippen LogP contribution in [0.2, 0.25) is 0 Å². The Bertz CT molecular complexity index is 1050. The van der Waals surface area contributed by atoms with Gasteiger partial charge in [0, 0.05) is 53.6 Å². The Kier molecular flexibility index (Phi) is 3.60. The van der Waals surface area contributed by atoms with Crippen LogP contribution in [0, 0.1) is 12.8 Å². The van der Waals surface area contributed by atoms with Crippen LogP contribution in [0.25, 0.3) is 22.0 Å². The molecular formula is C19H18N4O2. The Morgan fingerprint density at radius 2 is 2.04 bits per heavy atom. The van der Waals surface area contributed by atoms with Crippen molar-refractivity contribution >= 4 is 22.6 Å². The quantitative estimate of drug-likeness (QED) is 0.799. The highest BCUT2D eigenvalue weighted by atomic mass is 16.2. The topological polar surface area (TPSA) is 76.9 Å². The highest BCUT2D eigenvalue weighted by Crippen LogP contribution is 2.30. The first-order valence-electron chi connectivity index (χ1n) is 8.27. The number of nitrogens with one attached hydrogen (secondary N) is 1. The van der Waals surface area contributed by atoms with Crippen molar-refractivity contribution in [2.45, 2.75) is 19.8 Å². The standard InChI is InChI=1S/C19H18N4O2/c1-11-14(4-3-7-20-11)15-8-13-10-21-17(22-18(24)12-5-6-12)9-16(13)23(2)19(15)25/h3-4,7-10,12H,5-6H2,1-2H3,(H,21,22,24). The maximum absolute atomic E-state index is 12.8. The number of aromatic nitrogens is 3. The zero-order chi connectivity index (χ0) is 17.6. The van der Waals surface area contributed by atoms with E-state index < -0.39 is 0 Å². The van der Waals surface area contributed by atoms with E-state index in [0.717, 1.165) is 35.0 Å². The molecule has 0 aromatic carbocycles.